The van der Waals surface area contributed by atoms with Gasteiger partial charge in [0.05, 0.1) is 10.6 Å². The van der Waals surface area contributed by atoms with E-state index in [-0.39, 0.29) is 23.3 Å². The van der Waals surface area contributed by atoms with Crippen LogP contribution in [-0.2, 0) is 19.6 Å². The molecule has 8 nitrogen and oxygen atoms in total. The zero-order valence-corrected chi connectivity index (χ0v) is 19.4. The molecule has 2 aliphatic rings. The Bertz CT molecular complexity index is 1190. The summed E-state index contributed by atoms with van der Waals surface area (Å²) in [6.07, 6.45) is 0.324. The molecule has 2 atom stereocenters. The molecule has 2 amide bonds. The van der Waals surface area contributed by atoms with Gasteiger partial charge in [-0.1, -0.05) is 6.07 Å². The maximum absolute atomic E-state index is 13.6. The van der Waals surface area contributed by atoms with Gasteiger partial charge in [-0.2, -0.15) is 4.31 Å². The van der Waals surface area contributed by atoms with E-state index in [9.17, 15) is 18.0 Å². The van der Waals surface area contributed by atoms with E-state index in [0.717, 1.165) is 11.1 Å². The Hall–Kier alpha value is -2.91. The molecule has 0 aliphatic carbocycles. The van der Waals surface area contributed by atoms with Crippen LogP contribution >= 0.6 is 0 Å². The summed E-state index contributed by atoms with van der Waals surface area (Å²) in [5.41, 5.74) is 3.60. The second-order valence-corrected chi connectivity index (χ2v) is 10.4. The largest absolute Gasteiger partial charge is 0.479 e. The van der Waals surface area contributed by atoms with E-state index in [1.165, 1.54) is 10.4 Å². The van der Waals surface area contributed by atoms with Crippen molar-refractivity contribution in [3.8, 4) is 5.75 Å². The van der Waals surface area contributed by atoms with E-state index in [0.29, 0.717) is 35.5 Å². The Labute approximate surface area is 188 Å². The highest BCUT2D eigenvalue weighted by atomic mass is 32.2. The zero-order chi connectivity index (χ0) is 23.2. The molecule has 2 N–H and O–H groups in total. The van der Waals surface area contributed by atoms with Crippen LogP contribution in [0.5, 0.6) is 5.75 Å². The smallest absolute Gasteiger partial charge is 0.265 e. The van der Waals surface area contributed by atoms with E-state index in [2.05, 4.69) is 10.6 Å². The summed E-state index contributed by atoms with van der Waals surface area (Å²) < 4.78 is 34.0. The van der Waals surface area contributed by atoms with Gasteiger partial charge < -0.3 is 15.4 Å². The minimum Gasteiger partial charge on any atom is -0.479 e. The summed E-state index contributed by atoms with van der Waals surface area (Å²) in [6.45, 7) is 7.41. The van der Waals surface area contributed by atoms with E-state index in [1.54, 1.807) is 19.9 Å². The van der Waals surface area contributed by atoms with Gasteiger partial charge in [0, 0.05) is 18.3 Å². The minimum atomic E-state index is -3.96. The molecule has 4 rings (SSSR count). The van der Waals surface area contributed by atoms with E-state index < -0.39 is 22.2 Å². The number of hydrogen-bond donors (Lipinski definition) is 2. The molecular formula is C23H27N3O5S. The van der Waals surface area contributed by atoms with Crippen LogP contribution in [0.1, 0.15) is 36.5 Å². The number of anilines is 2. The van der Waals surface area contributed by atoms with Crippen molar-refractivity contribution in [2.75, 3.05) is 17.2 Å². The number of benzene rings is 2. The average molecular weight is 458 g/mol. The number of nitrogens with one attached hydrogen (secondary N) is 2. The van der Waals surface area contributed by atoms with Crippen molar-refractivity contribution in [2.45, 2.75) is 57.6 Å². The fraction of sp³-hybridized carbons (Fsp3) is 0.391. The Morgan fingerprint density at radius 1 is 1.12 bits per heavy atom. The van der Waals surface area contributed by atoms with E-state index in [4.69, 9.17) is 4.74 Å². The number of carbonyl (C=O) groups is 2. The number of sulfonamides is 1. The normalized spacial score (nSPS) is 20.9. The first-order valence-electron chi connectivity index (χ1n) is 10.6. The maximum Gasteiger partial charge on any atom is 0.265 e. The lowest BCUT2D eigenvalue weighted by Gasteiger charge is -2.27. The number of amides is 2. The molecule has 2 aromatic rings. The van der Waals surface area contributed by atoms with E-state index >= 15 is 0 Å². The molecule has 0 spiro atoms. The third-order valence-corrected chi connectivity index (χ3v) is 7.84. The van der Waals surface area contributed by atoms with Gasteiger partial charge in [0.15, 0.2) is 6.10 Å². The Morgan fingerprint density at radius 2 is 1.81 bits per heavy atom. The molecule has 1 fully saturated rings. The van der Waals surface area contributed by atoms with Crippen molar-refractivity contribution in [2.24, 2.45) is 0 Å². The van der Waals surface area contributed by atoms with Crippen LogP contribution in [0.15, 0.2) is 35.2 Å². The standard InChI is InChI=1S/C23H27N3O5S/c1-13-8-14(2)10-17(9-13)24-23(28)19-6-5-7-26(19)32(29,30)21-12-20-18(11-15(21)3)25-22(27)16(4)31-20/h8-12,16,19H,5-7H2,1-4H3,(H,24,28)(H,25,27)/t16-,19-/m0/s1. The van der Waals surface area contributed by atoms with Gasteiger partial charge in [0.25, 0.3) is 5.91 Å². The molecule has 2 heterocycles. The van der Waals surface area contributed by atoms with Crippen molar-refractivity contribution in [3.05, 3.63) is 47.0 Å². The molecular weight excluding hydrogens is 430 g/mol. The molecule has 32 heavy (non-hydrogen) atoms. The monoisotopic (exact) mass is 457 g/mol. The third-order valence-electron chi connectivity index (χ3n) is 5.79. The maximum atomic E-state index is 13.6. The molecule has 1 saturated heterocycles. The predicted octanol–water partition coefficient (Wildman–Crippen LogP) is 3.12. The first-order valence-corrected chi connectivity index (χ1v) is 12.0. The van der Waals surface area contributed by atoms with Crippen LogP contribution in [0.25, 0.3) is 0 Å². The molecule has 0 bridgehead atoms. The average Bonchev–Trinajstić information content (AvgIpc) is 3.19. The summed E-state index contributed by atoms with van der Waals surface area (Å²) in [4.78, 5) is 25.0. The van der Waals surface area contributed by atoms with Crippen LogP contribution in [-0.4, -0.2) is 43.2 Å². The number of hydrogen-bond acceptors (Lipinski definition) is 5. The fourth-order valence-corrected chi connectivity index (χ4v) is 6.19. The van der Waals surface area contributed by atoms with Crippen LogP contribution in [0, 0.1) is 20.8 Å². The van der Waals surface area contributed by atoms with Crippen molar-refractivity contribution in [3.63, 3.8) is 0 Å². The predicted molar refractivity (Wildman–Crippen MR) is 121 cm³/mol. The SMILES string of the molecule is Cc1cc(C)cc(NC(=O)[C@@H]2CCCN2S(=O)(=O)c2cc3c(cc2C)NC(=O)[C@H](C)O3)c1. The van der Waals surface area contributed by atoms with Crippen molar-refractivity contribution < 1.29 is 22.7 Å². The summed E-state index contributed by atoms with van der Waals surface area (Å²) >= 11 is 0. The van der Waals surface area contributed by atoms with Crippen LogP contribution in [0.3, 0.4) is 0 Å². The summed E-state index contributed by atoms with van der Waals surface area (Å²) in [5, 5.41) is 5.60. The number of carbonyl (C=O) groups excluding carboxylic acids is 2. The first kappa shape index (κ1) is 22.3. The van der Waals surface area contributed by atoms with Crippen LogP contribution in [0.4, 0.5) is 11.4 Å². The van der Waals surface area contributed by atoms with Crippen molar-refractivity contribution in [1.29, 1.82) is 0 Å². The van der Waals surface area contributed by atoms with E-state index in [1.807, 2.05) is 32.0 Å². The lowest BCUT2D eigenvalue weighted by atomic mass is 10.1. The molecule has 2 aliphatic heterocycles. The minimum absolute atomic E-state index is 0.0747. The summed E-state index contributed by atoms with van der Waals surface area (Å²) in [6, 6.07) is 7.96. The van der Waals surface area contributed by atoms with Crippen molar-refractivity contribution >= 4 is 33.2 Å². The fourth-order valence-electron chi connectivity index (χ4n) is 4.31. The zero-order valence-electron chi connectivity index (χ0n) is 18.6. The van der Waals surface area contributed by atoms with Gasteiger partial charge in [-0.05, 0) is 75.4 Å². The molecule has 0 unspecified atom stereocenters. The molecule has 0 saturated carbocycles. The highest BCUT2D eigenvalue weighted by Crippen LogP contribution is 2.37. The van der Waals surface area contributed by atoms with Gasteiger partial charge in [0.1, 0.15) is 11.8 Å². The molecule has 0 aromatic heterocycles. The topological polar surface area (TPSA) is 105 Å². The summed E-state index contributed by atoms with van der Waals surface area (Å²) in [5.74, 6) is -0.323. The molecule has 0 radical (unpaired) electrons. The molecule has 2 aromatic carbocycles. The lowest BCUT2D eigenvalue weighted by Crippen LogP contribution is -2.43. The molecule has 9 heteroatoms. The first-order chi connectivity index (χ1) is 15.1. The highest BCUT2D eigenvalue weighted by Gasteiger charge is 2.40. The van der Waals surface area contributed by atoms with Crippen molar-refractivity contribution in [1.82, 2.24) is 4.31 Å². The van der Waals surface area contributed by atoms with Crippen LogP contribution in [0.2, 0.25) is 0 Å². The lowest BCUT2D eigenvalue weighted by molar-refractivity contribution is -0.122. The number of nitrogens with zero attached hydrogens (tertiary/aromatic N) is 1. The van der Waals surface area contributed by atoms with Gasteiger partial charge in [-0.25, -0.2) is 8.42 Å². The van der Waals surface area contributed by atoms with Gasteiger partial charge in [-0.3, -0.25) is 9.59 Å². The van der Waals surface area contributed by atoms with Crippen LogP contribution < -0.4 is 15.4 Å². The number of rotatable bonds is 4. The van der Waals surface area contributed by atoms with Gasteiger partial charge in [-0.15, -0.1) is 0 Å². The number of ether oxygens (including phenoxy) is 1. The second-order valence-electron chi connectivity index (χ2n) is 8.50. The Morgan fingerprint density at radius 3 is 2.50 bits per heavy atom. The Kier molecular flexibility index (Phi) is 5.72. The Balaban J connectivity index is 1.62. The second kappa shape index (κ2) is 8.22. The quantitative estimate of drug-likeness (QED) is 0.734. The van der Waals surface area contributed by atoms with Gasteiger partial charge in [0.2, 0.25) is 15.9 Å². The van der Waals surface area contributed by atoms with Gasteiger partial charge >= 0.3 is 0 Å². The molecule has 170 valence electrons. The highest BCUT2D eigenvalue weighted by molar-refractivity contribution is 7.89. The summed E-state index contributed by atoms with van der Waals surface area (Å²) in [7, 11) is -3.96. The number of aryl methyl sites for hydroxylation is 3. The number of fused-ring (bicyclic) bond motifs is 1. The third kappa shape index (κ3) is 4.10.